The van der Waals surface area contributed by atoms with Gasteiger partial charge in [-0.3, -0.25) is 4.79 Å². The van der Waals surface area contributed by atoms with Crippen molar-refractivity contribution in [3.63, 3.8) is 0 Å². The molecule has 0 aromatic rings. The van der Waals surface area contributed by atoms with E-state index < -0.39 is 5.79 Å². The van der Waals surface area contributed by atoms with Crippen LogP contribution in [0, 0.1) is 5.92 Å². The standard InChI is InChI=1S/C26H49ClO4/c1-4-5-6-7-8-9-10-11-12-13-14-15-16-18-23(2)26(3)30-22-24(31-26)21-29-25(28)19-17-20-27/h23-24H,4-22H2,1-3H3. The molecular formula is C26H49ClO4. The second-order valence-electron chi connectivity index (χ2n) is 9.47. The second-order valence-corrected chi connectivity index (χ2v) is 9.85. The van der Waals surface area contributed by atoms with Crippen LogP contribution in [0.15, 0.2) is 0 Å². The van der Waals surface area contributed by atoms with Crippen LogP contribution in [-0.4, -0.2) is 37.0 Å². The number of halogens is 1. The van der Waals surface area contributed by atoms with E-state index in [1.165, 1.54) is 83.5 Å². The van der Waals surface area contributed by atoms with Gasteiger partial charge in [0.25, 0.3) is 0 Å². The lowest BCUT2D eigenvalue weighted by Crippen LogP contribution is -2.35. The molecule has 31 heavy (non-hydrogen) atoms. The Morgan fingerprint density at radius 2 is 1.52 bits per heavy atom. The first-order valence-electron chi connectivity index (χ1n) is 13.0. The maximum Gasteiger partial charge on any atom is 0.305 e. The second kappa shape index (κ2) is 18.1. The molecule has 0 aromatic carbocycles. The Labute approximate surface area is 197 Å². The molecule has 0 radical (unpaired) electrons. The molecule has 1 fully saturated rings. The monoisotopic (exact) mass is 460 g/mol. The molecule has 184 valence electrons. The number of ether oxygens (including phenoxy) is 3. The number of rotatable bonds is 20. The van der Waals surface area contributed by atoms with Crippen LogP contribution in [0.4, 0.5) is 0 Å². The zero-order valence-electron chi connectivity index (χ0n) is 20.6. The third-order valence-electron chi connectivity index (χ3n) is 6.54. The first kappa shape index (κ1) is 28.7. The lowest BCUT2D eigenvalue weighted by Gasteiger charge is -2.30. The summed E-state index contributed by atoms with van der Waals surface area (Å²) in [6.45, 7) is 7.26. The van der Waals surface area contributed by atoms with Gasteiger partial charge in [-0.15, -0.1) is 11.6 Å². The van der Waals surface area contributed by atoms with Crippen LogP contribution in [0.3, 0.4) is 0 Å². The normalized spacial score (nSPS) is 22.0. The molecular weight excluding hydrogens is 412 g/mol. The minimum absolute atomic E-state index is 0.168. The molecule has 0 aromatic heterocycles. The van der Waals surface area contributed by atoms with Gasteiger partial charge in [0.1, 0.15) is 12.7 Å². The van der Waals surface area contributed by atoms with Gasteiger partial charge in [-0.25, -0.2) is 0 Å². The summed E-state index contributed by atoms with van der Waals surface area (Å²) < 4.78 is 17.3. The molecule has 3 unspecified atom stereocenters. The van der Waals surface area contributed by atoms with Crippen LogP contribution in [0.2, 0.25) is 0 Å². The molecule has 3 atom stereocenters. The fourth-order valence-corrected chi connectivity index (χ4v) is 4.33. The summed E-state index contributed by atoms with van der Waals surface area (Å²) in [6, 6.07) is 0. The highest BCUT2D eigenvalue weighted by Crippen LogP contribution is 2.34. The predicted molar refractivity (Wildman–Crippen MR) is 130 cm³/mol. The number of esters is 1. The maximum absolute atomic E-state index is 11.6. The van der Waals surface area contributed by atoms with Gasteiger partial charge in [0, 0.05) is 18.2 Å². The first-order chi connectivity index (χ1) is 15.0. The van der Waals surface area contributed by atoms with Crippen molar-refractivity contribution in [1.82, 2.24) is 0 Å². The van der Waals surface area contributed by atoms with E-state index in [1.807, 2.05) is 6.92 Å². The minimum Gasteiger partial charge on any atom is -0.463 e. The van der Waals surface area contributed by atoms with Gasteiger partial charge in [-0.1, -0.05) is 97.3 Å². The molecule has 0 saturated carbocycles. The SMILES string of the molecule is CCCCCCCCCCCCCCCC(C)C1(C)OCC(COC(=O)CCCCl)O1. The van der Waals surface area contributed by atoms with Crippen LogP contribution < -0.4 is 0 Å². The van der Waals surface area contributed by atoms with Crippen molar-refractivity contribution in [2.75, 3.05) is 19.1 Å². The highest BCUT2D eigenvalue weighted by atomic mass is 35.5. The molecule has 0 N–H and O–H groups in total. The average molecular weight is 461 g/mol. The fraction of sp³-hybridized carbons (Fsp3) is 0.962. The van der Waals surface area contributed by atoms with Gasteiger partial charge >= 0.3 is 5.97 Å². The van der Waals surface area contributed by atoms with Crippen molar-refractivity contribution in [2.45, 2.75) is 135 Å². The number of alkyl halides is 1. The van der Waals surface area contributed by atoms with E-state index in [1.54, 1.807) is 0 Å². The largest absolute Gasteiger partial charge is 0.463 e. The highest BCUT2D eigenvalue weighted by molar-refractivity contribution is 6.17. The lowest BCUT2D eigenvalue weighted by atomic mass is 9.94. The number of unbranched alkanes of at least 4 members (excludes halogenated alkanes) is 12. The third-order valence-corrected chi connectivity index (χ3v) is 6.80. The number of carbonyl (C=O) groups excluding carboxylic acids is 1. The smallest absolute Gasteiger partial charge is 0.305 e. The van der Waals surface area contributed by atoms with Crippen molar-refractivity contribution in [3.05, 3.63) is 0 Å². The summed E-state index contributed by atoms with van der Waals surface area (Å²) in [5, 5.41) is 0. The third kappa shape index (κ3) is 13.7. The van der Waals surface area contributed by atoms with E-state index in [0.29, 0.717) is 31.2 Å². The summed E-state index contributed by atoms with van der Waals surface area (Å²) >= 11 is 5.61. The zero-order chi connectivity index (χ0) is 22.8. The van der Waals surface area contributed by atoms with Gasteiger partial charge in [-0.05, 0) is 19.8 Å². The first-order valence-corrected chi connectivity index (χ1v) is 13.6. The van der Waals surface area contributed by atoms with Crippen LogP contribution in [0.25, 0.3) is 0 Å². The van der Waals surface area contributed by atoms with Crippen molar-refractivity contribution in [1.29, 1.82) is 0 Å². The van der Waals surface area contributed by atoms with E-state index in [9.17, 15) is 4.79 Å². The highest BCUT2D eigenvalue weighted by Gasteiger charge is 2.41. The molecule has 5 heteroatoms. The molecule has 1 saturated heterocycles. The minimum atomic E-state index is -0.565. The number of carbonyl (C=O) groups is 1. The van der Waals surface area contributed by atoms with Gasteiger partial charge in [0.15, 0.2) is 5.79 Å². The molecule has 1 rings (SSSR count). The van der Waals surface area contributed by atoms with Crippen molar-refractivity contribution in [2.24, 2.45) is 5.92 Å². The summed E-state index contributed by atoms with van der Waals surface area (Å²) in [5.41, 5.74) is 0. The molecule has 0 amide bonds. The Balaban J connectivity index is 1.99. The molecule has 0 bridgehead atoms. The predicted octanol–water partition coefficient (Wildman–Crippen LogP) is 7.80. The fourth-order valence-electron chi connectivity index (χ4n) is 4.20. The molecule has 1 aliphatic heterocycles. The van der Waals surface area contributed by atoms with E-state index in [2.05, 4.69) is 13.8 Å². The number of hydrogen-bond acceptors (Lipinski definition) is 4. The van der Waals surface area contributed by atoms with Crippen molar-refractivity contribution < 1.29 is 19.0 Å². The molecule has 1 aliphatic rings. The van der Waals surface area contributed by atoms with Crippen molar-refractivity contribution in [3.8, 4) is 0 Å². The zero-order valence-corrected chi connectivity index (χ0v) is 21.4. The van der Waals surface area contributed by atoms with Crippen LogP contribution in [0.1, 0.15) is 124 Å². The molecule has 0 aliphatic carbocycles. The van der Waals surface area contributed by atoms with Crippen LogP contribution >= 0.6 is 11.6 Å². The Morgan fingerprint density at radius 3 is 2.06 bits per heavy atom. The van der Waals surface area contributed by atoms with Gasteiger partial charge in [0.05, 0.1) is 6.61 Å². The quantitative estimate of drug-likeness (QED) is 0.105. The Morgan fingerprint density at radius 1 is 0.968 bits per heavy atom. The molecule has 0 spiro atoms. The molecule has 4 nitrogen and oxygen atoms in total. The van der Waals surface area contributed by atoms with Gasteiger partial charge in [-0.2, -0.15) is 0 Å². The van der Waals surface area contributed by atoms with Crippen molar-refractivity contribution >= 4 is 17.6 Å². The summed E-state index contributed by atoms with van der Waals surface area (Å²) in [7, 11) is 0. The Bertz CT molecular complexity index is 445. The summed E-state index contributed by atoms with van der Waals surface area (Å²) in [5.74, 6) is 0.0344. The Hall–Kier alpha value is -0.320. The summed E-state index contributed by atoms with van der Waals surface area (Å²) in [4.78, 5) is 11.6. The Kier molecular flexibility index (Phi) is 16.8. The lowest BCUT2D eigenvalue weighted by molar-refractivity contribution is -0.194. The summed E-state index contributed by atoms with van der Waals surface area (Å²) in [6.07, 6.45) is 19.8. The van der Waals surface area contributed by atoms with E-state index >= 15 is 0 Å². The van der Waals surface area contributed by atoms with Gasteiger partial charge < -0.3 is 14.2 Å². The van der Waals surface area contributed by atoms with Crippen LogP contribution in [0.5, 0.6) is 0 Å². The average Bonchev–Trinajstić information content (AvgIpc) is 3.16. The maximum atomic E-state index is 11.6. The van der Waals surface area contributed by atoms with Gasteiger partial charge in [0.2, 0.25) is 0 Å². The molecule has 1 heterocycles. The topological polar surface area (TPSA) is 44.8 Å². The van der Waals surface area contributed by atoms with Crippen LogP contribution in [-0.2, 0) is 19.0 Å². The number of hydrogen-bond donors (Lipinski definition) is 0. The van der Waals surface area contributed by atoms with E-state index in [4.69, 9.17) is 25.8 Å². The van der Waals surface area contributed by atoms with E-state index in [-0.39, 0.29) is 18.7 Å². The van der Waals surface area contributed by atoms with E-state index in [0.717, 1.165) is 6.42 Å².